The fourth-order valence-corrected chi connectivity index (χ4v) is 3.10. The molecule has 1 fully saturated rings. The number of amides is 1. The summed E-state index contributed by atoms with van der Waals surface area (Å²) in [7, 11) is 1.31. The maximum atomic E-state index is 13.1. The molecule has 5 heteroatoms. The summed E-state index contributed by atoms with van der Waals surface area (Å²) in [5.41, 5.74) is 1.72. The van der Waals surface area contributed by atoms with Crippen molar-refractivity contribution in [2.24, 2.45) is 0 Å². The van der Waals surface area contributed by atoms with Gasteiger partial charge in [0.2, 0.25) is 0 Å². The summed E-state index contributed by atoms with van der Waals surface area (Å²) in [6.45, 7) is 0.642. The van der Waals surface area contributed by atoms with Crippen molar-refractivity contribution in [3.05, 3.63) is 71.0 Å². The molecule has 0 bridgehead atoms. The second kappa shape index (κ2) is 6.83. The van der Waals surface area contributed by atoms with Crippen molar-refractivity contribution in [3.8, 4) is 0 Å². The Balaban J connectivity index is 1.86. The van der Waals surface area contributed by atoms with Gasteiger partial charge in [-0.3, -0.25) is 4.79 Å². The molecule has 0 spiro atoms. The molecule has 1 aliphatic rings. The third-order valence-corrected chi connectivity index (χ3v) is 4.30. The molecular formula is C19H18FNO3. The smallest absolute Gasteiger partial charge is 0.337 e. The number of nitrogens with zero attached hydrogens (tertiary/aromatic N) is 1. The molecule has 124 valence electrons. The van der Waals surface area contributed by atoms with Crippen LogP contribution in [0.3, 0.4) is 0 Å². The van der Waals surface area contributed by atoms with Gasteiger partial charge in [-0.2, -0.15) is 0 Å². The second-order valence-corrected chi connectivity index (χ2v) is 5.78. The molecule has 0 aliphatic carbocycles. The third-order valence-electron chi connectivity index (χ3n) is 4.30. The summed E-state index contributed by atoms with van der Waals surface area (Å²) >= 11 is 0. The first-order chi connectivity index (χ1) is 11.6. The largest absolute Gasteiger partial charge is 0.465 e. The lowest BCUT2D eigenvalue weighted by Gasteiger charge is -2.25. The van der Waals surface area contributed by atoms with Gasteiger partial charge in [0.1, 0.15) is 5.82 Å². The lowest BCUT2D eigenvalue weighted by atomic mass is 10.0. The van der Waals surface area contributed by atoms with Crippen LogP contribution >= 0.6 is 0 Å². The Hall–Kier alpha value is -2.69. The number of rotatable bonds is 3. The van der Waals surface area contributed by atoms with E-state index in [1.54, 1.807) is 41.3 Å². The first-order valence-electron chi connectivity index (χ1n) is 7.85. The van der Waals surface area contributed by atoms with Crippen molar-refractivity contribution >= 4 is 11.9 Å². The van der Waals surface area contributed by atoms with Crippen LogP contribution in [0.4, 0.5) is 4.39 Å². The van der Waals surface area contributed by atoms with Gasteiger partial charge in [0, 0.05) is 12.1 Å². The van der Waals surface area contributed by atoms with Crippen molar-refractivity contribution < 1.29 is 18.7 Å². The summed E-state index contributed by atoms with van der Waals surface area (Å²) in [4.78, 5) is 26.3. The van der Waals surface area contributed by atoms with E-state index >= 15 is 0 Å². The molecule has 0 N–H and O–H groups in total. The zero-order valence-electron chi connectivity index (χ0n) is 13.4. The van der Waals surface area contributed by atoms with Gasteiger partial charge in [-0.15, -0.1) is 0 Å². The van der Waals surface area contributed by atoms with Crippen LogP contribution in [0.5, 0.6) is 0 Å². The molecule has 0 radical (unpaired) electrons. The van der Waals surface area contributed by atoms with Crippen molar-refractivity contribution in [2.45, 2.75) is 18.9 Å². The van der Waals surface area contributed by atoms with E-state index in [0.717, 1.165) is 18.4 Å². The highest BCUT2D eigenvalue weighted by Gasteiger charge is 2.30. The molecule has 1 heterocycles. The number of carbonyl (C=O) groups is 2. The molecule has 24 heavy (non-hydrogen) atoms. The lowest BCUT2D eigenvalue weighted by molar-refractivity contribution is 0.0600. The Morgan fingerprint density at radius 2 is 1.83 bits per heavy atom. The van der Waals surface area contributed by atoms with Crippen LogP contribution in [-0.4, -0.2) is 30.4 Å². The van der Waals surface area contributed by atoms with Gasteiger partial charge in [0.05, 0.1) is 18.7 Å². The standard InChI is InChI=1S/C19H18FNO3/c1-24-19(23)15-5-2-4-14(12-15)18(22)21-11-3-6-17(21)13-7-9-16(20)10-8-13/h2,4-5,7-10,12,17H,3,6,11H2,1H3. The second-order valence-electron chi connectivity index (χ2n) is 5.78. The predicted octanol–water partition coefficient (Wildman–Crippen LogP) is 3.59. The molecule has 1 aliphatic heterocycles. The lowest BCUT2D eigenvalue weighted by Crippen LogP contribution is -2.30. The number of benzene rings is 2. The van der Waals surface area contributed by atoms with Crippen LogP contribution < -0.4 is 0 Å². The topological polar surface area (TPSA) is 46.6 Å². The Morgan fingerprint density at radius 3 is 2.54 bits per heavy atom. The third kappa shape index (κ3) is 3.15. The molecule has 2 aromatic rings. The summed E-state index contributed by atoms with van der Waals surface area (Å²) < 4.78 is 17.8. The molecule has 1 unspecified atom stereocenters. The van der Waals surface area contributed by atoms with Gasteiger partial charge < -0.3 is 9.64 Å². The first kappa shape index (κ1) is 16.2. The molecule has 1 amide bonds. The van der Waals surface area contributed by atoms with Crippen LogP contribution in [0.25, 0.3) is 0 Å². The predicted molar refractivity (Wildman–Crippen MR) is 87.2 cm³/mol. The fraction of sp³-hybridized carbons (Fsp3) is 0.263. The minimum absolute atomic E-state index is 0.0696. The fourth-order valence-electron chi connectivity index (χ4n) is 3.10. The summed E-state index contributed by atoms with van der Waals surface area (Å²) in [6, 6.07) is 12.7. The molecule has 0 aromatic heterocycles. The molecular weight excluding hydrogens is 309 g/mol. The van der Waals surface area contributed by atoms with Crippen molar-refractivity contribution in [2.75, 3.05) is 13.7 Å². The van der Waals surface area contributed by atoms with Gasteiger partial charge in [0.25, 0.3) is 5.91 Å². The molecule has 1 saturated heterocycles. The van der Waals surface area contributed by atoms with Gasteiger partial charge in [-0.25, -0.2) is 9.18 Å². The molecule has 3 rings (SSSR count). The van der Waals surface area contributed by atoms with E-state index in [2.05, 4.69) is 0 Å². The SMILES string of the molecule is COC(=O)c1cccc(C(=O)N2CCCC2c2ccc(F)cc2)c1. The van der Waals surface area contributed by atoms with Gasteiger partial charge in [-0.05, 0) is 48.7 Å². The van der Waals surface area contributed by atoms with E-state index in [1.807, 2.05) is 0 Å². The van der Waals surface area contributed by atoms with E-state index in [4.69, 9.17) is 4.74 Å². The molecule has 2 aromatic carbocycles. The number of esters is 1. The minimum atomic E-state index is -0.471. The van der Waals surface area contributed by atoms with Crippen molar-refractivity contribution in [1.82, 2.24) is 4.90 Å². The summed E-state index contributed by atoms with van der Waals surface area (Å²) in [5, 5.41) is 0. The highest BCUT2D eigenvalue weighted by molar-refractivity contribution is 5.98. The number of carbonyl (C=O) groups excluding carboxylic acids is 2. The Bertz CT molecular complexity index is 757. The van der Waals surface area contributed by atoms with Gasteiger partial charge in [0.15, 0.2) is 0 Å². The summed E-state index contributed by atoms with van der Waals surface area (Å²) in [6.07, 6.45) is 1.73. The maximum absolute atomic E-state index is 13.1. The van der Waals surface area contributed by atoms with E-state index < -0.39 is 5.97 Å². The van der Waals surface area contributed by atoms with Crippen LogP contribution in [0.15, 0.2) is 48.5 Å². The molecule has 4 nitrogen and oxygen atoms in total. The van der Waals surface area contributed by atoms with E-state index in [9.17, 15) is 14.0 Å². The number of likely N-dealkylation sites (tertiary alicyclic amines) is 1. The van der Waals surface area contributed by atoms with Crippen molar-refractivity contribution in [1.29, 1.82) is 0 Å². The molecule has 1 atom stereocenters. The van der Waals surface area contributed by atoms with E-state index in [0.29, 0.717) is 17.7 Å². The average Bonchev–Trinajstić information content (AvgIpc) is 3.10. The van der Waals surface area contributed by atoms with Crippen LogP contribution in [0.1, 0.15) is 45.2 Å². The zero-order chi connectivity index (χ0) is 17.1. The minimum Gasteiger partial charge on any atom is -0.465 e. The zero-order valence-corrected chi connectivity index (χ0v) is 13.4. The maximum Gasteiger partial charge on any atom is 0.337 e. The highest BCUT2D eigenvalue weighted by atomic mass is 19.1. The summed E-state index contributed by atoms with van der Waals surface area (Å²) in [5.74, 6) is -0.894. The Kier molecular flexibility index (Phi) is 4.60. The normalized spacial score (nSPS) is 16.9. The monoisotopic (exact) mass is 327 g/mol. The Morgan fingerprint density at radius 1 is 1.12 bits per heavy atom. The van der Waals surface area contributed by atoms with Gasteiger partial charge in [-0.1, -0.05) is 18.2 Å². The van der Waals surface area contributed by atoms with Crippen molar-refractivity contribution in [3.63, 3.8) is 0 Å². The van der Waals surface area contributed by atoms with E-state index in [1.165, 1.54) is 19.2 Å². The first-order valence-corrected chi connectivity index (χ1v) is 7.85. The quantitative estimate of drug-likeness (QED) is 0.810. The van der Waals surface area contributed by atoms with Crippen LogP contribution in [0.2, 0.25) is 0 Å². The highest BCUT2D eigenvalue weighted by Crippen LogP contribution is 2.33. The number of methoxy groups -OCH3 is 1. The van der Waals surface area contributed by atoms with Gasteiger partial charge >= 0.3 is 5.97 Å². The van der Waals surface area contributed by atoms with Crippen LogP contribution in [0, 0.1) is 5.82 Å². The average molecular weight is 327 g/mol. The number of hydrogen-bond acceptors (Lipinski definition) is 3. The number of ether oxygens (including phenoxy) is 1. The Labute approximate surface area is 139 Å². The van der Waals surface area contributed by atoms with Crippen LogP contribution in [-0.2, 0) is 4.74 Å². The van der Waals surface area contributed by atoms with E-state index in [-0.39, 0.29) is 17.8 Å². The molecule has 0 saturated carbocycles. The number of hydrogen-bond donors (Lipinski definition) is 0. The number of halogens is 1.